The van der Waals surface area contributed by atoms with Crippen LogP contribution in [-0.4, -0.2) is 24.9 Å². The molecule has 0 amide bonds. The van der Waals surface area contributed by atoms with Gasteiger partial charge in [-0.15, -0.1) is 0 Å². The molecule has 0 unspecified atom stereocenters. The first-order chi connectivity index (χ1) is 11.4. The molecule has 3 aromatic rings. The summed E-state index contributed by atoms with van der Waals surface area (Å²) in [4.78, 5) is 27.3. The SMILES string of the molecule is CC(C)(Nc1nc(Cl)nc2ccc([N+](=O)[O-])cc12)c1ncccn1. The Hall–Kier alpha value is -2.87. The molecule has 1 N–H and O–H groups in total. The molecule has 0 aliphatic rings. The van der Waals surface area contributed by atoms with E-state index in [4.69, 9.17) is 11.6 Å². The van der Waals surface area contributed by atoms with Crippen molar-refractivity contribution in [3.63, 3.8) is 0 Å². The number of hydrogen-bond acceptors (Lipinski definition) is 7. The van der Waals surface area contributed by atoms with Crippen LogP contribution in [0.2, 0.25) is 5.28 Å². The average molecular weight is 345 g/mol. The van der Waals surface area contributed by atoms with Gasteiger partial charge in [-0.3, -0.25) is 10.1 Å². The van der Waals surface area contributed by atoms with Crippen molar-refractivity contribution in [3.8, 4) is 0 Å². The van der Waals surface area contributed by atoms with Gasteiger partial charge in [0.2, 0.25) is 5.28 Å². The molecular formula is C15H13ClN6O2. The highest BCUT2D eigenvalue weighted by Crippen LogP contribution is 2.30. The average Bonchev–Trinajstić information content (AvgIpc) is 2.54. The van der Waals surface area contributed by atoms with E-state index in [1.165, 1.54) is 18.2 Å². The van der Waals surface area contributed by atoms with Gasteiger partial charge in [-0.05, 0) is 37.6 Å². The van der Waals surface area contributed by atoms with Crippen LogP contribution < -0.4 is 5.32 Å². The Morgan fingerprint density at radius 1 is 1.21 bits per heavy atom. The van der Waals surface area contributed by atoms with Crippen LogP contribution in [-0.2, 0) is 5.54 Å². The van der Waals surface area contributed by atoms with Crippen LogP contribution in [0, 0.1) is 10.1 Å². The third-order valence-corrected chi connectivity index (χ3v) is 3.59. The fraction of sp³-hybridized carbons (Fsp3) is 0.200. The van der Waals surface area contributed by atoms with Crippen molar-refractivity contribution in [3.05, 3.63) is 57.9 Å². The Morgan fingerprint density at radius 2 is 1.92 bits per heavy atom. The Balaban J connectivity index is 2.11. The van der Waals surface area contributed by atoms with Crippen molar-refractivity contribution in [2.24, 2.45) is 0 Å². The number of halogens is 1. The van der Waals surface area contributed by atoms with E-state index in [-0.39, 0.29) is 11.0 Å². The van der Waals surface area contributed by atoms with E-state index in [0.717, 1.165) is 0 Å². The summed E-state index contributed by atoms with van der Waals surface area (Å²) in [5, 5.41) is 14.8. The lowest BCUT2D eigenvalue weighted by Gasteiger charge is -2.25. The molecule has 1 aromatic carbocycles. The van der Waals surface area contributed by atoms with E-state index >= 15 is 0 Å². The standard InChI is InChI=1S/C15H13ClN6O2/c1-15(2,13-17-6-3-7-18-13)21-12-10-8-9(22(23)24)4-5-11(10)19-14(16)20-12/h3-8H,1-2H3,(H,19,20,21). The molecule has 0 aliphatic carbocycles. The minimum absolute atomic E-state index is 0.0450. The lowest BCUT2D eigenvalue weighted by Crippen LogP contribution is -2.31. The molecule has 0 bridgehead atoms. The second kappa shape index (κ2) is 5.97. The normalized spacial score (nSPS) is 11.5. The highest BCUT2D eigenvalue weighted by molar-refractivity contribution is 6.28. The van der Waals surface area contributed by atoms with Gasteiger partial charge < -0.3 is 5.32 Å². The van der Waals surface area contributed by atoms with Crippen molar-refractivity contribution >= 4 is 34.0 Å². The Bertz CT molecular complexity index is 916. The number of nitrogens with one attached hydrogen (secondary N) is 1. The molecule has 0 fully saturated rings. The number of nitro groups is 1. The lowest BCUT2D eigenvalue weighted by atomic mass is 10.0. The fourth-order valence-electron chi connectivity index (χ4n) is 2.27. The summed E-state index contributed by atoms with van der Waals surface area (Å²) in [5.74, 6) is 0.935. The zero-order valence-electron chi connectivity index (χ0n) is 12.9. The molecule has 0 saturated carbocycles. The summed E-state index contributed by atoms with van der Waals surface area (Å²) in [6, 6.07) is 6.05. The summed E-state index contributed by atoms with van der Waals surface area (Å²) in [7, 11) is 0. The number of nitrogens with zero attached hydrogens (tertiary/aromatic N) is 5. The second-order valence-corrected chi connectivity index (χ2v) is 5.96. The molecule has 122 valence electrons. The van der Waals surface area contributed by atoms with Crippen molar-refractivity contribution < 1.29 is 4.92 Å². The van der Waals surface area contributed by atoms with Crippen molar-refractivity contribution in [2.75, 3.05) is 5.32 Å². The van der Waals surface area contributed by atoms with Crippen LogP contribution in [0.15, 0.2) is 36.7 Å². The Labute approximate surface area is 142 Å². The minimum atomic E-state index is -0.670. The third-order valence-electron chi connectivity index (χ3n) is 3.42. The van der Waals surface area contributed by atoms with E-state index in [9.17, 15) is 10.1 Å². The largest absolute Gasteiger partial charge is 0.357 e. The number of hydrogen-bond donors (Lipinski definition) is 1. The first-order valence-electron chi connectivity index (χ1n) is 7.04. The van der Waals surface area contributed by atoms with Gasteiger partial charge in [-0.1, -0.05) is 0 Å². The summed E-state index contributed by atoms with van der Waals surface area (Å²) in [5.41, 5.74) is -0.214. The van der Waals surface area contributed by atoms with Gasteiger partial charge in [-0.2, -0.15) is 0 Å². The monoisotopic (exact) mass is 344 g/mol. The van der Waals surface area contributed by atoms with Gasteiger partial charge in [0.05, 0.1) is 16.0 Å². The van der Waals surface area contributed by atoms with Gasteiger partial charge in [0.25, 0.3) is 5.69 Å². The molecule has 2 heterocycles. The highest BCUT2D eigenvalue weighted by atomic mass is 35.5. The predicted octanol–water partition coefficient (Wildman–Crippen LogP) is 3.33. The number of nitro benzene ring substituents is 1. The van der Waals surface area contributed by atoms with Crippen LogP contribution in [0.25, 0.3) is 10.9 Å². The molecule has 2 aromatic heterocycles. The van der Waals surface area contributed by atoms with Crippen LogP contribution in [0.3, 0.4) is 0 Å². The van der Waals surface area contributed by atoms with Crippen molar-refractivity contribution in [1.29, 1.82) is 0 Å². The molecule has 8 nitrogen and oxygen atoms in total. The number of non-ortho nitro benzene ring substituents is 1. The van der Waals surface area contributed by atoms with E-state index in [2.05, 4.69) is 25.3 Å². The molecule has 0 atom stereocenters. The van der Waals surface area contributed by atoms with Gasteiger partial charge in [0, 0.05) is 29.9 Å². The topological polar surface area (TPSA) is 107 Å². The predicted molar refractivity (Wildman–Crippen MR) is 89.9 cm³/mol. The maximum Gasteiger partial charge on any atom is 0.270 e. The molecule has 3 rings (SSSR count). The molecule has 0 saturated heterocycles. The highest BCUT2D eigenvalue weighted by Gasteiger charge is 2.25. The summed E-state index contributed by atoms with van der Waals surface area (Å²) in [6.07, 6.45) is 3.28. The van der Waals surface area contributed by atoms with Gasteiger partial charge in [0.1, 0.15) is 5.82 Å². The second-order valence-electron chi connectivity index (χ2n) is 5.62. The van der Waals surface area contributed by atoms with Crippen molar-refractivity contribution in [2.45, 2.75) is 19.4 Å². The number of fused-ring (bicyclic) bond motifs is 1. The molecule has 24 heavy (non-hydrogen) atoms. The first-order valence-corrected chi connectivity index (χ1v) is 7.42. The number of benzene rings is 1. The third kappa shape index (κ3) is 3.09. The Kier molecular flexibility index (Phi) is 3.98. The van der Waals surface area contributed by atoms with E-state index in [0.29, 0.717) is 22.5 Å². The van der Waals surface area contributed by atoms with Gasteiger partial charge in [-0.25, -0.2) is 19.9 Å². The lowest BCUT2D eigenvalue weighted by molar-refractivity contribution is -0.384. The molecule has 0 spiro atoms. The number of aromatic nitrogens is 4. The maximum atomic E-state index is 11.0. The van der Waals surface area contributed by atoms with E-state index in [1.807, 2.05) is 13.8 Å². The molecule has 9 heteroatoms. The van der Waals surface area contributed by atoms with Gasteiger partial charge in [0.15, 0.2) is 5.82 Å². The fourth-order valence-corrected chi connectivity index (χ4v) is 2.45. The molecule has 0 radical (unpaired) electrons. The maximum absolute atomic E-state index is 11.0. The Morgan fingerprint density at radius 3 is 2.58 bits per heavy atom. The zero-order chi connectivity index (χ0) is 17.3. The molecular weight excluding hydrogens is 332 g/mol. The molecule has 0 aliphatic heterocycles. The smallest absolute Gasteiger partial charge is 0.270 e. The summed E-state index contributed by atoms with van der Waals surface area (Å²) in [6.45, 7) is 3.75. The minimum Gasteiger partial charge on any atom is -0.357 e. The number of anilines is 1. The van der Waals surface area contributed by atoms with Crippen LogP contribution in [0.5, 0.6) is 0 Å². The van der Waals surface area contributed by atoms with E-state index < -0.39 is 10.5 Å². The zero-order valence-corrected chi connectivity index (χ0v) is 13.7. The van der Waals surface area contributed by atoms with Gasteiger partial charge >= 0.3 is 0 Å². The number of rotatable bonds is 4. The van der Waals surface area contributed by atoms with Crippen LogP contribution in [0.4, 0.5) is 11.5 Å². The van der Waals surface area contributed by atoms with E-state index in [1.54, 1.807) is 18.5 Å². The van der Waals surface area contributed by atoms with Crippen LogP contribution in [0.1, 0.15) is 19.7 Å². The van der Waals surface area contributed by atoms with Crippen LogP contribution >= 0.6 is 11.6 Å². The first kappa shape index (κ1) is 16.0. The summed E-state index contributed by atoms with van der Waals surface area (Å²) >= 11 is 5.97. The summed E-state index contributed by atoms with van der Waals surface area (Å²) < 4.78 is 0. The quantitative estimate of drug-likeness (QED) is 0.439. The van der Waals surface area contributed by atoms with Crippen molar-refractivity contribution in [1.82, 2.24) is 19.9 Å².